The fourth-order valence-corrected chi connectivity index (χ4v) is 4.59. The van der Waals surface area contributed by atoms with Gasteiger partial charge in [-0.15, -0.1) is 0 Å². The van der Waals surface area contributed by atoms with Crippen LogP contribution in [0, 0.1) is 0 Å². The molecule has 0 aliphatic heterocycles. The highest BCUT2D eigenvalue weighted by Crippen LogP contribution is 2.33. The maximum atomic E-state index is 13.2. The second kappa shape index (κ2) is 10.9. The Bertz CT molecular complexity index is 1320. The van der Waals surface area contributed by atoms with Gasteiger partial charge in [0.25, 0.3) is 0 Å². The molecule has 1 N–H and O–H groups in total. The molecule has 0 unspecified atom stereocenters. The number of nitrogens with one attached hydrogen (secondary N) is 1. The van der Waals surface area contributed by atoms with Crippen LogP contribution in [-0.2, 0) is 14.8 Å². The van der Waals surface area contributed by atoms with Gasteiger partial charge < -0.3 is 10.1 Å². The number of ether oxygens (including phenoxy) is 1. The number of para-hydroxylation sites is 3. The van der Waals surface area contributed by atoms with Crippen molar-refractivity contribution in [1.82, 2.24) is 5.32 Å². The van der Waals surface area contributed by atoms with E-state index in [1.807, 2.05) is 78.9 Å². The maximum Gasteiger partial charge on any atom is 0.241 e. The zero-order chi connectivity index (χ0) is 24.7. The van der Waals surface area contributed by atoms with E-state index in [-0.39, 0.29) is 5.69 Å². The molecule has 0 atom stereocenters. The fraction of sp³-hybridized carbons (Fsp3) is 0.107. The third kappa shape index (κ3) is 6.28. The Kier molecular flexibility index (Phi) is 7.48. The van der Waals surface area contributed by atoms with Crippen molar-refractivity contribution in [3.63, 3.8) is 0 Å². The van der Waals surface area contributed by atoms with Crippen molar-refractivity contribution in [2.24, 2.45) is 0 Å². The van der Waals surface area contributed by atoms with E-state index in [0.717, 1.165) is 21.7 Å². The smallest absolute Gasteiger partial charge is 0.241 e. The van der Waals surface area contributed by atoms with Crippen LogP contribution in [0.25, 0.3) is 0 Å². The summed E-state index contributed by atoms with van der Waals surface area (Å²) in [5, 5.41) is 3.01. The average molecular weight is 487 g/mol. The molecule has 4 aromatic rings. The summed E-state index contributed by atoms with van der Waals surface area (Å²) in [6, 6.07) is 34.5. The molecule has 0 saturated heterocycles. The van der Waals surface area contributed by atoms with E-state index in [1.54, 1.807) is 36.4 Å². The number of hydrogen-bond donors (Lipinski definition) is 1. The first-order valence-corrected chi connectivity index (χ1v) is 13.0. The molecule has 0 aliphatic carbocycles. The summed E-state index contributed by atoms with van der Waals surface area (Å²) in [6.45, 7) is -0.399. The number of nitrogens with zero attached hydrogens (tertiary/aromatic N) is 1. The Hall–Kier alpha value is -4.10. The molecule has 0 spiro atoms. The fourth-order valence-electron chi connectivity index (χ4n) is 3.73. The quantitative estimate of drug-likeness (QED) is 0.355. The van der Waals surface area contributed by atoms with E-state index >= 15 is 0 Å². The first kappa shape index (κ1) is 24.0. The first-order valence-electron chi connectivity index (χ1n) is 11.1. The third-order valence-corrected chi connectivity index (χ3v) is 6.49. The molecule has 4 aromatic carbocycles. The number of anilines is 1. The van der Waals surface area contributed by atoms with Crippen molar-refractivity contribution in [2.45, 2.75) is 6.04 Å². The second-order valence-corrected chi connectivity index (χ2v) is 9.88. The Morgan fingerprint density at radius 2 is 1.26 bits per heavy atom. The highest BCUT2D eigenvalue weighted by Gasteiger charge is 2.26. The summed E-state index contributed by atoms with van der Waals surface area (Å²) >= 11 is 0. The van der Waals surface area contributed by atoms with Crippen LogP contribution in [0.2, 0.25) is 0 Å². The molecule has 0 fully saturated rings. The minimum absolute atomic E-state index is 0.282. The van der Waals surface area contributed by atoms with Crippen LogP contribution in [0.5, 0.6) is 11.5 Å². The van der Waals surface area contributed by atoms with Crippen molar-refractivity contribution < 1.29 is 17.9 Å². The number of benzene rings is 4. The van der Waals surface area contributed by atoms with Gasteiger partial charge in [0.2, 0.25) is 15.9 Å². The average Bonchev–Trinajstić information content (AvgIpc) is 2.87. The minimum Gasteiger partial charge on any atom is -0.455 e. The summed E-state index contributed by atoms with van der Waals surface area (Å²) in [6.07, 6.45) is 1.07. The second-order valence-electron chi connectivity index (χ2n) is 7.97. The molecule has 1 amide bonds. The minimum atomic E-state index is -3.80. The van der Waals surface area contributed by atoms with Gasteiger partial charge in [0.05, 0.1) is 18.0 Å². The summed E-state index contributed by atoms with van der Waals surface area (Å²) in [5.74, 6) is 0.452. The van der Waals surface area contributed by atoms with Gasteiger partial charge in [-0.2, -0.15) is 0 Å². The van der Waals surface area contributed by atoms with Crippen LogP contribution in [-0.4, -0.2) is 27.1 Å². The molecule has 0 aromatic heterocycles. The van der Waals surface area contributed by atoms with E-state index in [9.17, 15) is 13.2 Å². The molecule has 0 bridgehead atoms. The van der Waals surface area contributed by atoms with Crippen molar-refractivity contribution in [3.8, 4) is 11.5 Å². The van der Waals surface area contributed by atoms with Crippen molar-refractivity contribution in [2.75, 3.05) is 17.1 Å². The van der Waals surface area contributed by atoms with Crippen LogP contribution < -0.4 is 14.4 Å². The number of rotatable bonds is 9. The Morgan fingerprint density at radius 3 is 1.80 bits per heavy atom. The van der Waals surface area contributed by atoms with Crippen LogP contribution in [0.4, 0.5) is 5.69 Å². The summed E-state index contributed by atoms with van der Waals surface area (Å²) < 4.78 is 32.6. The van der Waals surface area contributed by atoms with E-state index in [0.29, 0.717) is 11.5 Å². The van der Waals surface area contributed by atoms with Crippen molar-refractivity contribution in [1.29, 1.82) is 0 Å². The highest BCUT2D eigenvalue weighted by molar-refractivity contribution is 7.92. The standard InChI is InChI=1S/C28H26N2O4S/c1-35(32,33)30(25-19-11-12-20-26(25)34-24-17-9-4-10-18-24)21-27(31)29-28(22-13-5-2-6-14-22)23-15-7-3-8-16-23/h2-20,28H,21H2,1H3,(H,29,31). The van der Waals surface area contributed by atoms with Crippen molar-refractivity contribution >= 4 is 21.6 Å². The lowest BCUT2D eigenvalue weighted by Crippen LogP contribution is -2.42. The summed E-state index contributed by atoms with van der Waals surface area (Å²) in [5.41, 5.74) is 2.07. The number of sulfonamides is 1. The van der Waals surface area contributed by atoms with Gasteiger partial charge in [-0.05, 0) is 35.4 Å². The molecular weight excluding hydrogens is 460 g/mol. The summed E-state index contributed by atoms with van der Waals surface area (Å²) in [4.78, 5) is 13.2. The molecule has 0 radical (unpaired) electrons. The van der Waals surface area contributed by atoms with Crippen LogP contribution >= 0.6 is 0 Å². The molecule has 4 rings (SSSR count). The lowest BCUT2D eigenvalue weighted by molar-refractivity contribution is -0.120. The lowest BCUT2D eigenvalue weighted by atomic mass is 9.99. The molecular formula is C28H26N2O4S. The monoisotopic (exact) mass is 486 g/mol. The molecule has 35 heavy (non-hydrogen) atoms. The largest absolute Gasteiger partial charge is 0.455 e. The topological polar surface area (TPSA) is 75.7 Å². The first-order chi connectivity index (χ1) is 16.9. The molecule has 0 heterocycles. The number of carbonyl (C=O) groups is 1. The van der Waals surface area contributed by atoms with Gasteiger partial charge in [0.15, 0.2) is 5.75 Å². The van der Waals surface area contributed by atoms with Gasteiger partial charge in [-0.1, -0.05) is 91.0 Å². The van der Waals surface area contributed by atoms with Crippen molar-refractivity contribution in [3.05, 3.63) is 126 Å². The third-order valence-electron chi connectivity index (χ3n) is 5.36. The van der Waals surface area contributed by atoms with Crippen LogP contribution in [0.3, 0.4) is 0 Å². The molecule has 7 heteroatoms. The SMILES string of the molecule is CS(=O)(=O)N(CC(=O)NC(c1ccccc1)c1ccccc1)c1ccccc1Oc1ccccc1. The van der Waals surface area contributed by atoms with Gasteiger partial charge in [-0.25, -0.2) is 8.42 Å². The van der Waals surface area contributed by atoms with E-state index in [4.69, 9.17) is 4.74 Å². The van der Waals surface area contributed by atoms with E-state index in [2.05, 4.69) is 5.32 Å². The van der Waals surface area contributed by atoms with Gasteiger partial charge in [-0.3, -0.25) is 9.10 Å². The zero-order valence-electron chi connectivity index (χ0n) is 19.2. The predicted molar refractivity (Wildman–Crippen MR) is 138 cm³/mol. The maximum absolute atomic E-state index is 13.2. The Balaban J connectivity index is 1.62. The Morgan fingerprint density at radius 1 is 0.771 bits per heavy atom. The van der Waals surface area contributed by atoms with E-state index in [1.165, 1.54) is 0 Å². The molecule has 6 nitrogen and oxygen atoms in total. The molecule has 178 valence electrons. The highest BCUT2D eigenvalue weighted by atomic mass is 32.2. The number of hydrogen-bond acceptors (Lipinski definition) is 4. The van der Waals surface area contributed by atoms with Crippen LogP contribution in [0.1, 0.15) is 17.2 Å². The van der Waals surface area contributed by atoms with Gasteiger partial charge in [0.1, 0.15) is 12.3 Å². The van der Waals surface area contributed by atoms with E-state index < -0.39 is 28.5 Å². The van der Waals surface area contributed by atoms with Gasteiger partial charge in [0, 0.05) is 0 Å². The lowest BCUT2D eigenvalue weighted by Gasteiger charge is -2.26. The van der Waals surface area contributed by atoms with Gasteiger partial charge >= 0.3 is 0 Å². The zero-order valence-corrected chi connectivity index (χ0v) is 20.1. The van der Waals surface area contributed by atoms with Crippen LogP contribution in [0.15, 0.2) is 115 Å². The predicted octanol–water partition coefficient (Wildman–Crippen LogP) is 5.15. The molecule has 0 aliphatic rings. The normalized spacial score (nSPS) is 11.1. The number of carbonyl (C=O) groups excluding carboxylic acids is 1. The number of amides is 1. The Labute approximate surface area is 205 Å². The summed E-state index contributed by atoms with van der Waals surface area (Å²) in [7, 11) is -3.80. The molecule has 0 saturated carbocycles.